The van der Waals surface area contributed by atoms with Crippen molar-refractivity contribution in [1.82, 2.24) is 21.3 Å². The van der Waals surface area contributed by atoms with Gasteiger partial charge in [-0.1, -0.05) is 44.2 Å². The van der Waals surface area contributed by atoms with E-state index in [4.69, 9.17) is 21.3 Å². The molecule has 0 aliphatic carbocycles. The first-order chi connectivity index (χ1) is 22.5. The van der Waals surface area contributed by atoms with Crippen LogP contribution in [-0.4, -0.2) is 82.5 Å². The van der Waals surface area contributed by atoms with E-state index in [0.717, 1.165) is 5.56 Å². The molecule has 0 radical (unpaired) electrons. The van der Waals surface area contributed by atoms with Gasteiger partial charge in [-0.3, -0.25) is 24.0 Å². The summed E-state index contributed by atoms with van der Waals surface area (Å²) in [6, 6.07) is 5.73. The summed E-state index contributed by atoms with van der Waals surface area (Å²) in [7, 11) is 0. The smallest absolute Gasteiger partial charge is 0.328 e. The molecule has 0 saturated carbocycles. The maximum Gasteiger partial charge on any atom is 0.328 e. The monoisotopic (exact) mass is 894 g/mol. The number of amides is 5. The molecule has 17 heteroatoms. The zero-order valence-corrected chi connectivity index (χ0v) is 30.8. The minimum absolute atomic E-state index is 0.0106. The van der Waals surface area contributed by atoms with Crippen molar-refractivity contribution >= 4 is 80.7 Å². The summed E-state index contributed by atoms with van der Waals surface area (Å²) in [6.07, 6.45) is -0.683. The van der Waals surface area contributed by atoms with Crippen LogP contribution in [-0.2, 0) is 46.5 Å². The van der Waals surface area contributed by atoms with E-state index in [2.05, 4.69) is 21.3 Å². The molecular formula is C31H40I2N6O9. The van der Waals surface area contributed by atoms with E-state index in [0.29, 0.717) is 12.7 Å². The largest absolute Gasteiger partial charge is 0.506 e. The molecule has 0 fully saturated rings. The fourth-order valence-corrected chi connectivity index (χ4v) is 6.13. The van der Waals surface area contributed by atoms with Gasteiger partial charge in [0.05, 0.1) is 20.2 Å². The van der Waals surface area contributed by atoms with E-state index >= 15 is 0 Å². The molecule has 5 amide bonds. The number of carbonyl (C=O) groups excluding carboxylic acids is 6. The summed E-state index contributed by atoms with van der Waals surface area (Å²) >= 11 is 3.87. The number of aliphatic hydroxyl groups is 1. The average Bonchev–Trinajstić information content (AvgIpc) is 3.03. The first-order valence-electron chi connectivity index (χ1n) is 14.8. The Labute approximate surface area is 304 Å². The zero-order valence-electron chi connectivity index (χ0n) is 26.5. The number of primary amides is 1. The fourth-order valence-electron chi connectivity index (χ4n) is 4.23. The Morgan fingerprint density at radius 2 is 1.38 bits per heavy atom. The van der Waals surface area contributed by atoms with Gasteiger partial charge in [0, 0.05) is 6.42 Å². The third-order valence-corrected chi connectivity index (χ3v) is 8.55. The Hall–Kier alpha value is -3.56. The minimum atomic E-state index is -1.51. The molecule has 0 aliphatic rings. The van der Waals surface area contributed by atoms with Crippen LogP contribution in [0.4, 0.5) is 0 Å². The van der Waals surface area contributed by atoms with Gasteiger partial charge in [0.15, 0.2) is 0 Å². The normalized spacial score (nSPS) is 14.1. The number of nitrogens with one attached hydrogen (secondary N) is 4. The van der Waals surface area contributed by atoms with Crippen LogP contribution in [0.1, 0.15) is 38.3 Å². The number of carbonyl (C=O) groups is 6. The van der Waals surface area contributed by atoms with E-state index in [9.17, 15) is 33.9 Å². The maximum atomic E-state index is 13.6. The number of aromatic hydroxyl groups is 1. The fraction of sp³-hybridized carbons (Fsp3) is 0.419. The van der Waals surface area contributed by atoms with Crippen molar-refractivity contribution in [3.05, 3.63) is 60.7 Å². The zero-order chi connectivity index (χ0) is 36.1. The first-order valence-corrected chi connectivity index (χ1v) is 16.9. The number of aliphatic hydroxyl groups excluding tert-OH is 1. The Balaban J connectivity index is 2.29. The number of nitrogens with two attached hydrogens (primary N) is 2. The van der Waals surface area contributed by atoms with Crippen molar-refractivity contribution in [3.63, 3.8) is 0 Å². The third kappa shape index (κ3) is 12.8. The van der Waals surface area contributed by atoms with Gasteiger partial charge in [0.25, 0.3) is 0 Å². The van der Waals surface area contributed by atoms with Crippen LogP contribution in [0.5, 0.6) is 5.75 Å². The molecule has 0 unspecified atom stereocenters. The van der Waals surface area contributed by atoms with Gasteiger partial charge >= 0.3 is 5.97 Å². The third-order valence-electron chi connectivity index (χ3n) is 6.90. The number of ether oxygens (including phenoxy) is 1. The number of halogens is 2. The molecule has 0 heterocycles. The molecule has 2 rings (SSSR count). The Morgan fingerprint density at radius 3 is 1.92 bits per heavy atom. The van der Waals surface area contributed by atoms with E-state index in [1.165, 1.54) is 6.92 Å². The van der Waals surface area contributed by atoms with Crippen molar-refractivity contribution < 1.29 is 43.7 Å². The van der Waals surface area contributed by atoms with Crippen LogP contribution in [0.3, 0.4) is 0 Å². The lowest BCUT2D eigenvalue weighted by Gasteiger charge is -2.28. The Morgan fingerprint density at radius 1 is 0.812 bits per heavy atom. The van der Waals surface area contributed by atoms with Crippen LogP contribution in [0.25, 0.3) is 0 Å². The lowest BCUT2D eigenvalue weighted by atomic mass is 10.00. The Kier molecular flexibility index (Phi) is 16.4. The van der Waals surface area contributed by atoms with E-state index in [-0.39, 0.29) is 18.8 Å². The van der Waals surface area contributed by atoms with Gasteiger partial charge in [-0.25, -0.2) is 4.79 Å². The summed E-state index contributed by atoms with van der Waals surface area (Å²) in [6.45, 7) is 3.95. The summed E-state index contributed by atoms with van der Waals surface area (Å²) in [5.41, 5.74) is 12.1. The number of hydrogen-bond acceptors (Lipinski definition) is 10. The molecular weight excluding hydrogens is 854 g/mol. The lowest BCUT2D eigenvalue weighted by Crippen LogP contribution is -2.60. The number of rotatable bonds is 17. The number of esters is 1. The van der Waals surface area contributed by atoms with Crippen LogP contribution >= 0.6 is 45.2 Å². The average molecular weight is 895 g/mol. The second-order valence-electron chi connectivity index (χ2n) is 11.2. The number of phenolic OH excluding ortho intramolecular Hbond substituents is 1. The molecule has 262 valence electrons. The summed E-state index contributed by atoms with van der Waals surface area (Å²) < 4.78 is 6.34. The molecule has 10 N–H and O–H groups in total. The topological polar surface area (TPSA) is 252 Å². The summed E-state index contributed by atoms with van der Waals surface area (Å²) in [5.74, 6) is -5.49. The van der Waals surface area contributed by atoms with Crippen LogP contribution in [0.15, 0.2) is 42.5 Å². The van der Waals surface area contributed by atoms with Gasteiger partial charge in [-0.15, -0.1) is 0 Å². The van der Waals surface area contributed by atoms with Crippen LogP contribution in [0.2, 0.25) is 0 Å². The number of benzene rings is 2. The van der Waals surface area contributed by atoms with Crippen LogP contribution in [0, 0.1) is 13.1 Å². The van der Waals surface area contributed by atoms with Gasteiger partial charge in [-0.2, -0.15) is 0 Å². The maximum absolute atomic E-state index is 13.6. The van der Waals surface area contributed by atoms with Gasteiger partial charge in [0.1, 0.15) is 42.6 Å². The first kappa shape index (κ1) is 40.6. The van der Waals surface area contributed by atoms with Crippen molar-refractivity contribution in [2.24, 2.45) is 17.4 Å². The molecule has 2 aromatic carbocycles. The van der Waals surface area contributed by atoms with E-state index < -0.39 is 84.7 Å². The molecule has 0 aromatic heterocycles. The molecule has 2 aromatic rings. The summed E-state index contributed by atoms with van der Waals surface area (Å²) in [5, 5.41) is 29.3. The highest BCUT2D eigenvalue weighted by Crippen LogP contribution is 2.28. The molecule has 48 heavy (non-hydrogen) atoms. The van der Waals surface area contributed by atoms with E-state index in [1.807, 2.05) is 51.2 Å². The standard InChI is InChI=1S/C31H40I2N6O9/c1-15(2)25(39-29(45)23(12-24(35)41)37-27(43)21(34)13-40)30(46)38-22(11-18-9-19(32)26(42)20(33)10-18)28(44)36-16(3)31(47)48-14-17-7-5-4-6-8-17/h4-10,15-16,21-23,25,40,42H,11-14,34H2,1-3H3,(H2,35,41)(H,36,44)(H,37,43)(H,38,46)(H,39,45)/t16-,21-,22-,23-,25-/m0/s1. The molecule has 0 aliphatic heterocycles. The quantitative estimate of drug-likeness (QED) is 0.0761. The molecule has 5 atom stereocenters. The highest BCUT2D eigenvalue weighted by atomic mass is 127. The Bertz CT molecular complexity index is 1450. The van der Waals surface area contributed by atoms with Gasteiger partial charge in [-0.05, 0) is 81.3 Å². The SMILES string of the molecule is CC(C)[C@H](NC(=O)[C@H](CC(N)=O)NC(=O)[C@@H](N)CO)C(=O)N[C@@H](Cc1cc(I)c(O)c(I)c1)C(=O)N[C@@H](C)C(=O)OCc1ccccc1. The van der Waals surface area contributed by atoms with Gasteiger partial charge < -0.3 is 47.7 Å². The highest BCUT2D eigenvalue weighted by molar-refractivity contribution is 14.1. The van der Waals surface area contributed by atoms with E-state index in [1.54, 1.807) is 50.2 Å². The molecule has 0 spiro atoms. The van der Waals surface area contributed by atoms with Gasteiger partial charge in [0.2, 0.25) is 29.5 Å². The van der Waals surface area contributed by atoms with Crippen LogP contribution < -0.4 is 32.7 Å². The molecule has 0 bridgehead atoms. The van der Waals surface area contributed by atoms with Crippen molar-refractivity contribution in [2.45, 2.75) is 70.4 Å². The predicted octanol–water partition coefficient (Wildman–Crippen LogP) is -0.303. The van der Waals surface area contributed by atoms with Crippen molar-refractivity contribution in [3.8, 4) is 5.75 Å². The van der Waals surface area contributed by atoms with Crippen molar-refractivity contribution in [1.29, 1.82) is 0 Å². The lowest BCUT2D eigenvalue weighted by molar-refractivity contribution is -0.148. The number of hydrogen-bond donors (Lipinski definition) is 8. The number of phenols is 1. The minimum Gasteiger partial charge on any atom is -0.506 e. The predicted molar refractivity (Wildman–Crippen MR) is 191 cm³/mol. The highest BCUT2D eigenvalue weighted by Gasteiger charge is 2.33. The summed E-state index contributed by atoms with van der Waals surface area (Å²) in [4.78, 5) is 76.9. The second-order valence-corrected chi connectivity index (χ2v) is 13.6. The van der Waals surface area contributed by atoms with Crippen molar-refractivity contribution in [2.75, 3.05) is 6.61 Å². The molecule has 0 saturated heterocycles. The molecule has 15 nitrogen and oxygen atoms in total. The second kappa shape index (κ2) is 19.4.